The first kappa shape index (κ1) is 22.4. The Labute approximate surface area is 167 Å². The third-order valence-corrected chi connectivity index (χ3v) is 10.2. The molecular weight excluding hydrogens is 378 g/mol. The number of carbonyl (C=O) groups is 1. The zero-order chi connectivity index (χ0) is 21.1. The molecule has 1 saturated heterocycles. The molecule has 8 nitrogen and oxygen atoms in total. The number of carboxylic acid groups (broad SMARTS) is 1. The summed E-state index contributed by atoms with van der Waals surface area (Å²) in [4.78, 5) is 24.6. The Bertz CT molecular complexity index is 744. The summed E-state index contributed by atoms with van der Waals surface area (Å²) in [7, 11) is -1.95. The van der Waals surface area contributed by atoms with Crippen molar-refractivity contribution in [3.63, 3.8) is 0 Å². The number of ether oxygens (including phenoxy) is 1. The van der Waals surface area contributed by atoms with E-state index >= 15 is 0 Å². The molecule has 2 heterocycles. The van der Waals surface area contributed by atoms with Gasteiger partial charge in [-0.15, -0.1) is 0 Å². The van der Waals surface area contributed by atoms with Crippen LogP contribution < -0.4 is 11.4 Å². The van der Waals surface area contributed by atoms with Crippen molar-refractivity contribution >= 4 is 14.4 Å². The first-order valence-corrected chi connectivity index (χ1v) is 12.5. The van der Waals surface area contributed by atoms with Gasteiger partial charge in [0.2, 0.25) is 0 Å². The summed E-state index contributed by atoms with van der Waals surface area (Å²) in [5, 5.41) is 9.54. The van der Waals surface area contributed by atoms with Crippen molar-refractivity contribution in [1.82, 2.24) is 9.58 Å². The zero-order valence-electron chi connectivity index (χ0n) is 17.5. The Morgan fingerprint density at radius 1 is 1.32 bits per heavy atom. The van der Waals surface area contributed by atoms with Crippen LogP contribution in [0, 0.1) is 0 Å². The van der Waals surface area contributed by atoms with Gasteiger partial charge in [-0.25, -0.2) is 9.47 Å². The van der Waals surface area contributed by atoms with Gasteiger partial charge >= 0.3 is 6.09 Å². The highest BCUT2D eigenvalue weighted by Crippen LogP contribution is 2.36. The van der Waals surface area contributed by atoms with E-state index in [-0.39, 0.29) is 22.8 Å². The van der Waals surface area contributed by atoms with Crippen molar-refractivity contribution in [3.8, 4) is 0 Å². The van der Waals surface area contributed by atoms with E-state index in [0.29, 0.717) is 38.2 Å². The topological polar surface area (TPSA) is 107 Å². The minimum absolute atomic E-state index is 0.0750. The Balaban J connectivity index is 2.01. The second-order valence-corrected chi connectivity index (χ2v) is 13.7. The molecule has 1 aromatic rings. The summed E-state index contributed by atoms with van der Waals surface area (Å²) in [6.07, 6.45) is -0.435. The molecule has 9 heteroatoms. The lowest BCUT2D eigenvalue weighted by molar-refractivity contribution is -0.0954. The Kier molecular flexibility index (Phi) is 6.95. The van der Waals surface area contributed by atoms with E-state index in [1.54, 1.807) is 12.1 Å². The molecule has 0 aromatic carbocycles. The Morgan fingerprint density at radius 2 is 1.96 bits per heavy atom. The predicted molar refractivity (Wildman–Crippen MR) is 111 cm³/mol. The summed E-state index contributed by atoms with van der Waals surface area (Å²) in [6, 6.07) is 4.86. The van der Waals surface area contributed by atoms with Crippen LogP contribution in [0.15, 0.2) is 23.0 Å². The number of nitrogens with zero attached hydrogens (tertiary/aromatic N) is 2. The van der Waals surface area contributed by atoms with Crippen LogP contribution in [-0.4, -0.2) is 61.0 Å². The third-order valence-electron chi connectivity index (χ3n) is 5.74. The van der Waals surface area contributed by atoms with E-state index in [0.717, 1.165) is 4.68 Å². The van der Waals surface area contributed by atoms with Crippen LogP contribution in [0.25, 0.3) is 0 Å². The molecular formula is C19H33N3O5Si. The lowest BCUT2D eigenvalue weighted by Gasteiger charge is -2.40. The average Bonchev–Trinajstić information content (AvgIpc) is 2.60. The second-order valence-electron chi connectivity index (χ2n) is 8.90. The maximum absolute atomic E-state index is 11.7. The number of rotatable bonds is 6. The summed E-state index contributed by atoms with van der Waals surface area (Å²) in [5.41, 5.74) is 0.424. The minimum Gasteiger partial charge on any atom is -0.465 e. The number of hydrogen-bond acceptors (Lipinski definition) is 5. The molecule has 0 aliphatic carbocycles. The molecule has 0 unspecified atom stereocenters. The number of nitrogens with two attached hydrogens (primary N) is 1. The van der Waals surface area contributed by atoms with Gasteiger partial charge in [0.05, 0.1) is 31.9 Å². The number of hydrogen-bond donors (Lipinski definition) is 2. The number of morpholine rings is 1. The van der Waals surface area contributed by atoms with Gasteiger partial charge in [-0.3, -0.25) is 4.79 Å². The van der Waals surface area contributed by atoms with E-state index in [9.17, 15) is 14.7 Å². The Hall–Kier alpha value is -1.84. The number of aromatic nitrogens is 1. The number of aryl methyl sites for hydroxylation is 1. The van der Waals surface area contributed by atoms with Gasteiger partial charge < -0.3 is 25.0 Å². The molecule has 3 N–H and O–H groups in total. The molecule has 2 atom stereocenters. The SMILES string of the molecule is CC(C)(C)[Si](C)(C)OC[C@@H]1CN(C(=O)O)C[C@@H](CCc2cccc(=O)n2N)O1. The largest absolute Gasteiger partial charge is 0.465 e. The maximum Gasteiger partial charge on any atom is 0.407 e. The number of pyridine rings is 1. The third kappa shape index (κ3) is 5.59. The van der Waals surface area contributed by atoms with Crippen LogP contribution in [0.3, 0.4) is 0 Å². The van der Waals surface area contributed by atoms with Gasteiger partial charge in [-0.05, 0) is 37.0 Å². The molecule has 0 saturated carbocycles. The highest BCUT2D eigenvalue weighted by molar-refractivity contribution is 6.74. The van der Waals surface area contributed by atoms with Crippen molar-refractivity contribution in [2.45, 2.75) is 64.0 Å². The fraction of sp³-hybridized carbons (Fsp3) is 0.684. The maximum atomic E-state index is 11.7. The molecule has 2 rings (SSSR count). The van der Waals surface area contributed by atoms with Crippen LogP contribution in [0.2, 0.25) is 18.1 Å². The molecule has 1 fully saturated rings. The lowest BCUT2D eigenvalue weighted by Crippen LogP contribution is -2.53. The summed E-state index contributed by atoms with van der Waals surface area (Å²) >= 11 is 0. The van der Waals surface area contributed by atoms with Gasteiger partial charge in [0.25, 0.3) is 5.56 Å². The smallest absolute Gasteiger partial charge is 0.407 e. The van der Waals surface area contributed by atoms with Crippen molar-refractivity contribution in [1.29, 1.82) is 0 Å². The van der Waals surface area contributed by atoms with Gasteiger partial charge in [-0.2, -0.15) is 0 Å². The monoisotopic (exact) mass is 411 g/mol. The van der Waals surface area contributed by atoms with E-state index in [2.05, 4.69) is 33.9 Å². The minimum atomic E-state index is -1.95. The summed E-state index contributed by atoms with van der Waals surface area (Å²) < 4.78 is 13.5. The average molecular weight is 412 g/mol. The van der Waals surface area contributed by atoms with Crippen LogP contribution >= 0.6 is 0 Å². The Morgan fingerprint density at radius 3 is 2.57 bits per heavy atom. The fourth-order valence-corrected chi connectivity index (χ4v) is 3.94. The van der Waals surface area contributed by atoms with Crippen molar-refractivity contribution in [2.24, 2.45) is 0 Å². The summed E-state index contributed by atoms with van der Waals surface area (Å²) in [5.74, 6) is 5.78. The number of amides is 1. The van der Waals surface area contributed by atoms with Crippen molar-refractivity contribution < 1.29 is 19.1 Å². The van der Waals surface area contributed by atoms with Crippen molar-refractivity contribution in [2.75, 3.05) is 25.5 Å². The molecule has 28 heavy (non-hydrogen) atoms. The van der Waals surface area contributed by atoms with E-state index < -0.39 is 14.4 Å². The van der Waals surface area contributed by atoms with E-state index in [1.807, 2.05) is 0 Å². The van der Waals surface area contributed by atoms with Gasteiger partial charge in [-0.1, -0.05) is 26.8 Å². The molecule has 0 radical (unpaired) electrons. The van der Waals surface area contributed by atoms with Crippen LogP contribution in [-0.2, 0) is 15.6 Å². The van der Waals surface area contributed by atoms with Crippen LogP contribution in [0.1, 0.15) is 32.9 Å². The lowest BCUT2D eigenvalue weighted by atomic mass is 10.1. The fourth-order valence-electron chi connectivity index (χ4n) is 2.91. The zero-order valence-corrected chi connectivity index (χ0v) is 18.5. The highest BCUT2D eigenvalue weighted by Gasteiger charge is 2.39. The molecule has 0 spiro atoms. The summed E-state index contributed by atoms with van der Waals surface area (Å²) in [6.45, 7) is 11.8. The normalized spacial score (nSPS) is 21.0. The second kappa shape index (κ2) is 8.67. The van der Waals surface area contributed by atoms with Crippen LogP contribution in [0.4, 0.5) is 4.79 Å². The molecule has 158 valence electrons. The van der Waals surface area contributed by atoms with E-state index in [4.69, 9.17) is 15.0 Å². The molecule has 1 aliphatic rings. The highest BCUT2D eigenvalue weighted by atomic mass is 28.4. The molecule has 1 amide bonds. The molecule has 1 aliphatic heterocycles. The first-order chi connectivity index (χ1) is 12.9. The predicted octanol–water partition coefficient (Wildman–Crippen LogP) is 2.26. The van der Waals surface area contributed by atoms with Crippen LogP contribution in [0.5, 0.6) is 0 Å². The first-order valence-electron chi connectivity index (χ1n) is 9.64. The number of nitrogen functional groups attached to an aromatic ring is 1. The van der Waals surface area contributed by atoms with Gasteiger partial charge in [0, 0.05) is 11.8 Å². The van der Waals surface area contributed by atoms with Gasteiger partial charge in [0.15, 0.2) is 8.32 Å². The van der Waals surface area contributed by atoms with Crippen molar-refractivity contribution in [3.05, 3.63) is 34.2 Å². The van der Waals surface area contributed by atoms with E-state index in [1.165, 1.54) is 11.0 Å². The van der Waals surface area contributed by atoms with Gasteiger partial charge in [0.1, 0.15) is 0 Å². The quantitative estimate of drug-likeness (QED) is 0.549. The molecule has 1 aromatic heterocycles. The standard InChI is InChI=1S/C19H33N3O5Si/c1-19(2,3)28(4,5)26-13-16-12-21(18(24)25)11-15(27-16)10-9-14-7-6-8-17(23)22(14)20/h6-8,15-16H,9-13,20H2,1-5H3,(H,24,25)/t15-,16+/m1/s1. The molecule has 0 bridgehead atoms.